The molecular formula is C20H25N5O3. The smallest absolute Gasteiger partial charge is 0.274 e. The van der Waals surface area contributed by atoms with Crippen LogP contribution in [0, 0.1) is 0 Å². The Kier molecular flexibility index (Phi) is 6.94. The fourth-order valence-electron chi connectivity index (χ4n) is 2.92. The van der Waals surface area contributed by atoms with Gasteiger partial charge in [-0.15, -0.1) is 0 Å². The Hall–Kier alpha value is -2.97. The second-order valence-corrected chi connectivity index (χ2v) is 6.53. The molecule has 0 spiro atoms. The average Bonchev–Trinajstić information content (AvgIpc) is 2.69. The lowest BCUT2D eigenvalue weighted by atomic mass is 10.2. The van der Waals surface area contributed by atoms with Crippen molar-refractivity contribution in [3.05, 3.63) is 48.3 Å². The van der Waals surface area contributed by atoms with Crippen molar-refractivity contribution in [2.45, 2.75) is 6.92 Å². The fraction of sp³-hybridized carbons (Fsp3) is 0.350. The monoisotopic (exact) mass is 383 g/mol. The molecule has 0 bridgehead atoms. The molecule has 3 rings (SSSR count). The maximum atomic E-state index is 12.5. The summed E-state index contributed by atoms with van der Waals surface area (Å²) in [6.07, 6.45) is 1.61. The number of benzene rings is 1. The Morgan fingerprint density at radius 3 is 2.57 bits per heavy atom. The Bertz CT molecular complexity index is 821. The lowest BCUT2D eigenvalue weighted by Gasteiger charge is -2.26. The van der Waals surface area contributed by atoms with Gasteiger partial charge in [-0.05, 0) is 30.3 Å². The molecule has 1 aliphatic heterocycles. The first-order valence-electron chi connectivity index (χ1n) is 9.29. The van der Waals surface area contributed by atoms with Gasteiger partial charge in [0.2, 0.25) is 5.91 Å². The SMILES string of the molecule is CC(=O)Nc1cccc(NC(=O)c2cc(NCCN3CCOCC3)ccn2)c1. The third kappa shape index (κ3) is 6.04. The number of hydrogen-bond donors (Lipinski definition) is 3. The van der Waals surface area contributed by atoms with E-state index in [9.17, 15) is 9.59 Å². The summed E-state index contributed by atoms with van der Waals surface area (Å²) in [7, 11) is 0. The molecule has 148 valence electrons. The topological polar surface area (TPSA) is 95.6 Å². The number of hydrogen-bond acceptors (Lipinski definition) is 6. The fourth-order valence-corrected chi connectivity index (χ4v) is 2.92. The normalized spacial score (nSPS) is 14.3. The van der Waals surface area contributed by atoms with Gasteiger partial charge in [-0.3, -0.25) is 19.5 Å². The second kappa shape index (κ2) is 9.82. The number of carbonyl (C=O) groups excluding carboxylic acids is 2. The minimum atomic E-state index is -0.309. The van der Waals surface area contributed by atoms with E-state index in [0.717, 1.165) is 45.1 Å². The van der Waals surface area contributed by atoms with Gasteiger partial charge in [-0.1, -0.05) is 6.07 Å². The first kappa shape index (κ1) is 19.8. The summed E-state index contributed by atoms with van der Waals surface area (Å²) in [4.78, 5) is 30.2. The summed E-state index contributed by atoms with van der Waals surface area (Å²) in [5.41, 5.74) is 2.38. The second-order valence-electron chi connectivity index (χ2n) is 6.53. The van der Waals surface area contributed by atoms with E-state index in [1.807, 2.05) is 6.07 Å². The predicted molar refractivity (Wildman–Crippen MR) is 109 cm³/mol. The Morgan fingerprint density at radius 2 is 1.82 bits per heavy atom. The van der Waals surface area contributed by atoms with Crippen LogP contribution >= 0.6 is 0 Å². The zero-order valence-electron chi connectivity index (χ0n) is 15.9. The van der Waals surface area contributed by atoms with Crippen molar-refractivity contribution in [1.29, 1.82) is 0 Å². The Labute approximate surface area is 164 Å². The van der Waals surface area contributed by atoms with Crippen LogP contribution in [0.25, 0.3) is 0 Å². The van der Waals surface area contributed by atoms with Gasteiger partial charge in [0.25, 0.3) is 5.91 Å². The molecule has 2 amide bonds. The van der Waals surface area contributed by atoms with E-state index in [0.29, 0.717) is 17.1 Å². The molecule has 8 heteroatoms. The summed E-state index contributed by atoms with van der Waals surface area (Å²) in [6.45, 7) is 6.59. The van der Waals surface area contributed by atoms with Crippen LogP contribution in [0.15, 0.2) is 42.6 Å². The largest absolute Gasteiger partial charge is 0.384 e. The molecule has 0 radical (unpaired) electrons. The Morgan fingerprint density at radius 1 is 1.07 bits per heavy atom. The van der Waals surface area contributed by atoms with E-state index >= 15 is 0 Å². The highest BCUT2D eigenvalue weighted by Gasteiger charge is 2.11. The van der Waals surface area contributed by atoms with Crippen LogP contribution in [0.4, 0.5) is 17.1 Å². The summed E-state index contributed by atoms with van der Waals surface area (Å²) >= 11 is 0. The molecule has 2 aromatic rings. The maximum absolute atomic E-state index is 12.5. The highest BCUT2D eigenvalue weighted by Crippen LogP contribution is 2.16. The van der Waals surface area contributed by atoms with Crippen molar-refractivity contribution >= 4 is 28.9 Å². The molecule has 8 nitrogen and oxygen atoms in total. The predicted octanol–water partition coefficient (Wildman–Crippen LogP) is 2.04. The van der Waals surface area contributed by atoms with Gasteiger partial charge in [0.05, 0.1) is 13.2 Å². The summed E-state index contributed by atoms with van der Waals surface area (Å²) in [5.74, 6) is -0.474. The molecule has 0 atom stereocenters. The number of anilines is 3. The number of carbonyl (C=O) groups is 2. The molecule has 1 saturated heterocycles. The third-order valence-electron chi connectivity index (χ3n) is 4.29. The summed E-state index contributed by atoms with van der Waals surface area (Å²) < 4.78 is 5.35. The molecule has 1 aromatic heterocycles. The molecule has 28 heavy (non-hydrogen) atoms. The van der Waals surface area contributed by atoms with E-state index in [4.69, 9.17) is 4.74 Å². The van der Waals surface area contributed by atoms with E-state index in [1.54, 1.807) is 36.5 Å². The highest BCUT2D eigenvalue weighted by molar-refractivity contribution is 6.03. The maximum Gasteiger partial charge on any atom is 0.274 e. The van der Waals surface area contributed by atoms with Crippen LogP contribution in [0.3, 0.4) is 0 Å². The van der Waals surface area contributed by atoms with E-state index < -0.39 is 0 Å². The van der Waals surface area contributed by atoms with Crippen LogP contribution in [-0.2, 0) is 9.53 Å². The molecule has 2 heterocycles. The minimum Gasteiger partial charge on any atom is -0.384 e. The quantitative estimate of drug-likeness (QED) is 0.677. The van der Waals surface area contributed by atoms with Crippen molar-refractivity contribution in [2.75, 3.05) is 55.3 Å². The molecule has 3 N–H and O–H groups in total. The van der Waals surface area contributed by atoms with Gasteiger partial charge in [-0.25, -0.2) is 0 Å². The van der Waals surface area contributed by atoms with E-state index in [-0.39, 0.29) is 11.8 Å². The molecular weight excluding hydrogens is 358 g/mol. The van der Waals surface area contributed by atoms with Crippen molar-refractivity contribution in [3.8, 4) is 0 Å². The van der Waals surface area contributed by atoms with Gasteiger partial charge < -0.3 is 20.7 Å². The molecule has 0 aliphatic carbocycles. The molecule has 1 fully saturated rings. The first-order chi connectivity index (χ1) is 13.6. The van der Waals surface area contributed by atoms with Crippen molar-refractivity contribution in [1.82, 2.24) is 9.88 Å². The number of rotatable bonds is 7. The third-order valence-corrected chi connectivity index (χ3v) is 4.29. The summed E-state index contributed by atoms with van der Waals surface area (Å²) in [6, 6.07) is 10.5. The van der Waals surface area contributed by atoms with Gasteiger partial charge in [0.15, 0.2) is 0 Å². The lowest BCUT2D eigenvalue weighted by Crippen LogP contribution is -2.39. The summed E-state index contributed by atoms with van der Waals surface area (Å²) in [5, 5.41) is 8.83. The number of nitrogens with zero attached hydrogens (tertiary/aromatic N) is 2. The Balaban J connectivity index is 1.55. The highest BCUT2D eigenvalue weighted by atomic mass is 16.5. The zero-order valence-corrected chi connectivity index (χ0v) is 15.9. The van der Waals surface area contributed by atoms with Crippen LogP contribution in [0.5, 0.6) is 0 Å². The number of aromatic nitrogens is 1. The van der Waals surface area contributed by atoms with E-state index in [1.165, 1.54) is 6.92 Å². The van der Waals surface area contributed by atoms with Crippen LogP contribution in [0.1, 0.15) is 17.4 Å². The van der Waals surface area contributed by atoms with Crippen LogP contribution < -0.4 is 16.0 Å². The molecule has 1 aliphatic rings. The number of morpholine rings is 1. The van der Waals surface area contributed by atoms with Crippen molar-refractivity contribution in [3.63, 3.8) is 0 Å². The standard InChI is InChI=1S/C20H25N5O3/c1-15(26)23-17-3-2-4-18(13-17)24-20(27)19-14-16(5-6-22-19)21-7-8-25-9-11-28-12-10-25/h2-6,13-14H,7-12H2,1H3,(H,21,22)(H,23,26)(H,24,27). The van der Waals surface area contributed by atoms with Crippen molar-refractivity contribution in [2.24, 2.45) is 0 Å². The number of nitrogens with one attached hydrogen (secondary N) is 3. The van der Waals surface area contributed by atoms with Crippen LogP contribution in [0.2, 0.25) is 0 Å². The van der Waals surface area contributed by atoms with Crippen LogP contribution in [-0.4, -0.2) is 61.1 Å². The van der Waals surface area contributed by atoms with E-state index in [2.05, 4.69) is 25.8 Å². The molecule has 1 aromatic carbocycles. The molecule has 0 unspecified atom stereocenters. The number of ether oxygens (including phenoxy) is 1. The first-order valence-corrected chi connectivity index (χ1v) is 9.29. The molecule has 0 saturated carbocycles. The van der Waals surface area contributed by atoms with Gasteiger partial charge in [-0.2, -0.15) is 0 Å². The number of amides is 2. The van der Waals surface area contributed by atoms with Gasteiger partial charge in [0, 0.05) is 56.4 Å². The average molecular weight is 383 g/mol. The number of pyridine rings is 1. The van der Waals surface area contributed by atoms with Gasteiger partial charge in [0.1, 0.15) is 5.69 Å². The minimum absolute atomic E-state index is 0.166. The van der Waals surface area contributed by atoms with Crippen molar-refractivity contribution < 1.29 is 14.3 Å². The van der Waals surface area contributed by atoms with Gasteiger partial charge >= 0.3 is 0 Å². The lowest BCUT2D eigenvalue weighted by molar-refractivity contribution is -0.114. The zero-order chi connectivity index (χ0) is 19.8.